The molecule has 1 N–H and O–H groups in total. The van der Waals surface area contributed by atoms with Gasteiger partial charge in [-0.2, -0.15) is 5.10 Å². The Labute approximate surface area is 196 Å². The van der Waals surface area contributed by atoms with E-state index in [1.54, 1.807) is 11.3 Å². The quantitative estimate of drug-likeness (QED) is 0.571. The van der Waals surface area contributed by atoms with E-state index in [-0.39, 0.29) is 11.3 Å². The van der Waals surface area contributed by atoms with Crippen LogP contribution in [0, 0.1) is 25.2 Å². The predicted molar refractivity (Wildman–Crippen MR) is 134 cm³/mol. The molecule has 0 bridgehead atoms. The van der Waals surface area contributed by atoms with Crippen LogP contribution in [0.2, 0.25) is 0 Å². The van der Waals surface area contributed by atoms with Crippen molar-refractivity contribution in [3.63, 3.8) is 0 Å². The number of rotatable bonds is 4. The van der Waals surface area contributed by atoms with E-state index in [4.69, 9.17) is 4.99 Å². The van der Waals surface area contributed by atoms with Gasteiger partial charge >= 0.3 is 0 Å². The van der Waals surface area contributed by atoms with Gasteiger partial charge < -0.3 is 5.32 Å². The van der Waals surface area contributed by atoms with Gasteiger partial charge in [-0.1, -0.05) is 40.0 Å². The Kier molecular flexibility index (Phi) is 6.62. The predicted octanol–water partition coefficient (Wildman–Crippen LogP) is 6.06. The molecule has 2 aromatic rings. The first-order valence-corrected chi connectivity index (χ1v) is 13.0. The fourth-order valence-corrected chi connectivity index (χ4v) is 6.51. The first kappa shape index (κ1) is 23.2. The summed E-state index contributed by atoms with van der Waals surface area (Å²) in [4.78, 5) is 19.8. The van der Waals surface area contributed by atoms with E-state index in [1.165, 1.54) is 29.7 Å². The summed E-state index contributed by atoms with van der Waals surface area (Å²) in [6, 6.07) is 0.303. The van der Waals surface area contributed by atoms with Crippen molar-refractivity contribution in [3.05, 3.63) is 33.0 Å². The van der Waals surface area contributed by atoms with Crippen molar-refractivity contribution in [1.82, 2.24) is 15.1 Å². The van der Waals surface area contributed by atoms with Crippen LogP contribution in [0.5, 0.6) is 0 Å². The monoisotopic (exact) mass is 454 g/mol. The van der Waals surface area contributed by atoms with E-state index in [0.717, 1.165) is 59.6 Å². The van der Waals surface area contributed by atoms with Gasteiger partial charge in [-0.25, -0.2) is 4.99 Å². The molecule has 0 spiro atoms. The summed E-state index contributed by atoms with van der Waals surface area (Å²) < 4.78 is 1.89. The number of carbonyl (C=O) groups excluding carboxylic acids is 1. The minimum Gasteiger partial charge on any atom is -0.349 e. The number of aromatic nitrogens is 2. The lowest BCUT2D eigenvalue weighted by Crippen LogP contribution is -2.36. The number of nitrogens with zero attached hydrogens (tertiary/aromatic N) is 3. The number of thiophene rings is 1. The lowest BCUT2D eigenvalue weighted by molar-refractivity contribution is 0.0927. The molecule has 2 aromatic heterocycles. The molecule has 0 radical (unpaired) electrons. The standard InChI is InChI=1S/C26H38N4OS/c1-16-21(17(2)30(6)29-16)15-27-25-23(24(31)28-19-10-8-7-9-11-19)20-13-12-18(26(3,4)5)14-22(20)32-25/h15,18-19H,7-14H2,1-6H3,(H,28,31)/t18-/m0/s1. The largest absolute Gasteiger partial charge is 0.349 e. The Hall–Kier alpha value is -1.95. The number of aliphatic imine (C=N–C) groups is 1. The average Bonchev–Trinajstić information content (AvgIpc) is 3.22. The van der Waals surface area contributed by atoms with Crippen molar-refractivity contribution in [1.29, 1.82) is 0 Å². The molecule has 0 aliphatic heterocycles. The molecule has 0 unspecified atom stereocenters. The van der Waals surface area contributed by atoms with Crippen LogP contribution in [0.4, 0.5) is 5.00 Å². The zero-order valence-corrected chi connectivity index (χ0v) is 21.4. The lowest BCUT2D eigenvalue weighted by atomic mass is 9.72. The molecule has 174 valence electrons. The van der Waals surface area contributed by atoms with E-state index in [1.807, 2.05) is 24.9 Å². The molecule has 4 rings (SSSR count). The van der Waals surface area contributed by atoms with Crippen LogP contribution in [0.1, 0.15) is 97.0 Å². The number of hydrogen-bond donors (Lipinski definition) is 1. The van der Waals surface area contributed by atoms with Crippen molar-refractivity contribution < 1.29 is 4.79 Å². The Morgan fingerprint density at radius 1 is 1.19 bits per heavy atom. The van der Waals surface area contributed by atoms with E-state index in [9.17, 15) is 4.79 Å². The molecular formula is C26H38N4OS. The molecule has 6 heteroatoms. The molecule has 0 saturated heterocycles. The third kappa shape index (κ3) is 4.70. The highest BCUT2D eigenvalue weighted by molar-refractivity contribution is 7.16. The molecule has 2 aliphatic carbocycles. The maximum atomic E-state index is 13.5. The van der Waals surface area contributed by atoms with Crippen LogP contribution in [-0.2, 0) is 19.9 Å². The van der Waals surface area contributed by atoms with Gasteiger partial charge in [0.2, 0.25) is 0 Å². The maximum absolute atomic E-state index is 13.5. The third-order valence-corrected chi connectivity index (χ3v) is 8.68. The summed E-state index contributed by atoms with van der Waals surface area (Å²) in [7, 11) is 1.96. The van der Waals surface area contributed by atoms with Crippen LogP contribution in [0.3, 0.4) is 0 Å². The summed E-state index contributed by atoms with van der Waals surface area (Å²) in [5, 5.41) is 8.73. The summed E-state index contributed by atoms with van der Waals surface area (Å²) in [5.41, 5.74) is 5.46. The molecule has 1 amide bonds. The fourth-order valence-electron chi connectivity index (χ4n) is 5.24. The smallest absolute Gasteiger partial charge is 0.254 e. The number of hydrogen-bond acceptors (Lipinski definition) is 4. The molecule has 2 heterocycles. The highest BCUT2D eigenvalue weighted by atomic mass is 32.1. The first-order valence-electron chi connectivity index (χ1n) is 12.1. The van der Waals surface area contributed by atoms with Crippen LogP contribution < -0.4 is 5.32 Å². The zero-order valence-electron chi connectivity index (χ0n) is 20.5. The van der Waals surface area contributed by atoms with Gasteiger partial charge in [-0.05, 0) is 62.8 Å². The topological polar surface area (TPSA) is 59.3 Å². The molecule has 32 heavy (non-hydrogen) atoms. The van der Waals surface area contributed by atoms with Crippen molar-refractivity contribution in [2.45, 2.75) is 92.0 Å². The zero-order chi connectivity index (χ0) is 23.0. The van der Waals surface area contributed by atoms with E-state index < -0.39 is 0 Å². The summed E-state index contributed by atoms with van der Waals surface area (Å²) in [6.45, 7) is 11.1. The van der Waals surface area contributed by atoms with Gasteiger partial charge in [0.05, 0.1) is 11.3 Å². The number of fused-ring (bicyclic) bond motifs is 1. The summed E-state index contributed by atoms with van der Waals surface area (Å²) in [6.07, 6.45) is 11.0. The molecule has 5 nitrogen and oxygen atoms in total. The van der Waals surface area contributed by atoms with Gasteiger partial charge in [0.25, 0.3) is 5.91 Å². The van der Waals surface area contributed by atoms with E-state index >= 15 is 0 Å². The van der Waals surface area contributed by atoms with Crippen molar-refractivity contribution in [2.24, 2.45) is 23.4 Å². The molecule has 2 aliphatic rings. The Balaban J connectivity index is 1.68. The molecule has 1 saturated carbocycles. The lowest BCUT2D eigenvalue weighted by Gasteiger charge is -2.34. The highest BCUT2D eigenvalue weighted by Crippen LogP contribution is 2.45. The normalized spacial score (nSPS) is 20.0. The number of aryl methyl sites for hydroxylation is 2. The summed E-state index contributed by atoms with van der Waals surface area (Å²) >= 11 is 1.72. The minimum atomic E-state index is 0.0791. The van der Waals surface area contributed by atoms with Gasteiger partial charge in [0.15, 0.2) is 0 Å². The number of nitrogens with one attached hydrogen (secondary N) is 1. The van der Waals surface area contributed by atoms with Crippen molar-refractivity contribution in [2.75, 3.05) is 0 Å². The minimum absolute atomic E-state index is 0.0791. The van der Waals surface area contributed by atoms with Crippen LogP contribution in [0.25, 0.3) is 0 Å². The molecule has 0 aromatic carbocycles. The second-order valence-corrected chi connectivity index (χ2v) is 11.8. The Bertz CT molecular complexity index is 1020. The SMILES string of the molecule is Cc1nn(C)c(C)c1C=Nc1sc2c(c1C(=O)NC1CCCCC1)CC[C@H](C(C)(C)C)C2. The molecule has 1 fully saturated rings. The Morgan fingerprint density at radius 2 is 1.91 bits per heavy atom. The van der Waals surface area contributed by atoms with E-state index in [2.05, 4.69) is 38.1 Å². The second kappa shape index (κ2) is 9.12. The third-order valence-electron chi connectivity index (χ3n) is 7.51. The maximum Gasteiger partial charge on any atom is 0.254 e. The Morgan fingerprint density at radius 3 is 2.53 bits per heavy atom. The van der Waals surface area contributed by atoms with Crippen molar-refractivity contribution >= 4 is 28.5 Å². The van der Waals surface area contributed by atoms with Crippen LogP contribution in [-0.4, -0.2) is 27.9 Å². The van der Waals surface area contributed by atoms with E-state index in [0.29, 0.717) is 12.0 Å². The highest BCUT2D eigenvalue weighted by Gasteiger charge is 2.34. The van der Waals surface area contributed by atoms with Gasteiger partial charge in [-0.3, -0.25) is 9.48 Å². The first-order chi connectivity index (χ1) is 15.1. The second-order valence-electron chi connectivity index (χ2n) is 10.8. The van der Waals surface area contributed by atoms with Crippen molar-refractivity contribution in [3.8, 4) is 0 Å². The van der Waals surface area contributed by atoms with Crippen LogP contribution >= 0.6 is 11.3 Å². The number of carbonyl (C=O) groups is 1. The van der Waals surface area contributed by atoms with Gasteiger partial charge in [0, 0.05) is 35.4 Å². The summed E-state index contributed by atoms with van der Waals surface area (Å²) in [5.74, 6) is 0.720. The van der Waals surface area contributed by atoms with Crippen LogP contribution in [0.15, 0.2) is 4.99 Å². The molecular weight excluding hydrogens is 416 g/mol. The fraction of sp³-hybridized carbons (Fsp3) is 0.654. The van der Waals surface area contributed by atoms with Gasteiger partial charge in [0.1, 0.15) is 5.00 Å². The molecule has 1 atom stereocenters. The average molecular weight is 455 g/mol. The number of amides is 1. The van der Waals surface area contributed by atoms with Gasteiger partial charge in [-0.15, -0.1) is 11.3 Å².